The number of carbonyl (C=O) groups is 1. The van der Waals surface area contributed by atoms with Crippen molar-refractivity contribution in [2.24, 2.45) is 0 Å². The van der Waals surface area contributed by atoms with Gasteiger partial charge in [0.15, 0.2) is 0 Å². The van der Waals surface area contributed by atoms with E-state index in [1.807, 2.05) is 50.2 Å². The zero-order chi connectivity index (χ0) is 22.1. The monoisotopic (exact) mass is 431 g/mol. The molecular weight excluding hydrogens is 402 g/mol. The molecule has 1 aliphatic rings. The van der Waals surface area contributed by atoms with Crippen LogP contribution in [-0.2, 0) is 16.4 Å². The Bertz CT molecular complexity index is 1020. The largest absolute Gasteiger partial charge is 0.497 e. The first-order chi connectivity index (χ1) is 14.1. The minimum absolute atomic E-state index is 0.223. The predicted molar refractivity (Wildman–Crippen MR) is 117 cm³/mol. The molecule has 0 spiro atoms. The summed E-state index contributed by atoms with van der Waals surface area (Å²) in [7, 11) is -0.502. The van der Waals surface area contributed by atoms with Crippen LogP contribution >= 0.6 is 0 Å². The van der Waals surface area contributed by atoms with Crippen LogP contribution in [0.15, 0.2) is 42.5 Å². The number of methoxy groups -OCH3 is 1. The number of sulfonamides is 1. The van der Waals surface area contributed by atoms with Gasteiger partial charge in [-0.15, -0.1) is 4.41 Å². The molecule has 0 N–H and O–H groups in total. The van der Waals surface area contributed by atoms with Crippen molar-refractivity contribution in [3.8, 4) is 5.75 Å². The molecule has 1 heterocycles. The van der Waals surface area contributed by atoms with Gasteiger partial charge in [0.05, 0.1) is 26.0 Å². The number of hydrogen-bond acceptors (Lipinski definition) is 4. The van der Waals surface area contributed by atoms with Gasteiger partial charge in [-0.05, 0) is 54.7 Å². The van der Waals surface area contributed by atoms with Crippen molar-refractivity contribution in [1.29, 1.82) is 0 Å². The van der Waals surface area contributed by atoms with E-state index in [0.717, 1.165) is 33.1 Å². The molecular formula is C22H29N3O4S. The van der Waals surface area contributed by atoms with Gasteiger partial charge in [0, 0.05) is 13.6 Å². The molecule has 0 aromatic heterocycles. The Labute approximate surface area is 178 Å². The SMILES string of the molecule is COc1ccc(CCN2C(=O)N(N(C)S(C)(=O)=O)CC2c2ccc(C)c(C)c2)cc1. The second kappa shape index (κ2) is 8.65. The predicted octanol–water partition coefficient (Wildman–Crippen LogP) is 3.14. The van der Waals surface area contributed by atoms with Gasteiger partial charge in [-0.1, -0.05) is 30.3 Å². The van der Waals surface area contributed by atoms with Crippen molar-refractivity contribution in [3.05, 3.63) is 64.7 Å². The van der Waals surface area contributed by atoms with Crippen LogP contribution in [0.4, 0.5) is 4.79 Å². The fourth-order valence-corrected chi connectivity index (χ4v) is 4.08. The van der Waals surface area contributed by atoms with Gasteiger partial charge in [0.25, 0.3) is 0 Å². The Hall–Kier alpha value is -2.58. The first-order valence-corrected chi connectivity index (χ1v) is 11.7. The van der Waals surface area contributed by atoms with Gasteiger partial charge in [-0.3, -0.25) is 0 Å². The number of hydrazine groups is 1. The van der Waals surface area contributed by atoms with Crippen LogP contribution in [0.1, 0.15) is 28.3 Å². The number of aryl methyl sites for hydroxylation is 2. The van der Waals surface area contributed by atoms with E-state index in [1.165, 1.54) is 17.6 Å². The first kappa shape index (κ1) is 22.1. The zero-order valence-corrected chi connectivity index (χ0v) is 18.9. The van der Waals surface area contributed by atoms with Gasteiger partial charge >= 0.3 is 6.03 Å². The highest BCUT2D eigenvalue weighted by Crippen LogP contribution is 2.32. The normalized spacial score (nSPS) is 17.1. The Balaban J connectivity index is 1.88. The maximum absolute atomic E-state index is 13.2. The molecule has 0 bridgehead atoms. The number of urea groups is 1. The zero-order valence-electron chi connectivity index (χ0n) is 18.1. The average Bonchev–Trinajstić information content (AvgIpc) is 3.03. The van der Waals surface area contributed by atoms with Crippen LogP contribution in [0.5, 0.6) is 5.75 Å². The maximum atomic E-state index is 13.2. The van der Waals surface area contributed by atoms with Crippen LogP contribution in [-0.4, -0.2) is 62.3 Å². The lowest BCUT2D eigenvalue weighted by Gasteiger charge is -2.26. The van der Waals surface area contributed by atoms with Crippen molar-refractivity contribution < 1.29 is 17.9 Å². The molecule has 8 heteroatoms. The minimum atomic E-state index is -3.54. The lowest BCUT2D eigenvalue weighted by molar-refractivity contribution is 0.126. The number of carbonyl (C=O) groups excluding carboxylic acids is 1. The van der Waals surface area contributed by atoms with E-state index in [4.69, 9.17) is 4.74 Å². The third kappa shape index (κ3) is 4.60. The second-order valence-electron chi connectivity index (χ2n) is 7.71. The van der Waals surface area contributed by atoms with Crippen LogP contribution in [0.3, 0.4) is 0 Å². The molecule has 1 aliphatic heterocycles. The summed E-state index contributed by atoms with van der Waals surface area (Å²) in [5.41, 5.74) is 4.41. The molecule has 2 amide bonds. The van der Waals surface area contributed by atoms with E-state index in [0.29, 0.717) is 13.0 Å². The van der Waals surface area contributed by atoms with E-state index in [9.17, 15) is 13.2 Å². The minimum Gasteiger partial charge on any atom is -0.497 e. The summed E-state index contributed by atoms with van der Waals surface area (Å²) < 4.78 is 30.3. The van der Waals surface area contributed by atoms with E-state index >= 15 is 0 Å². The number of nitrogens with zero attached hydrogens (tertiary/aromatic N) is 3. The quantitative estimate of drug-likeness (QED) is 0.675. The van der Waals surface area contributed by atoms with Crippen LogP contribution < -0.4 is 4.74 Å². The Morgan fingerprint density at radius 3 is 2.33 bits per heavy atom. The third-order valence-corrected chi connectivity index (χ3v) is 6.88. The van der Waals surface area contributed by atoms with Crippen LogP contribution in [0.2, 0.25) is 0 Å². The van der Waals surface area contributed by atoms with Gasteiger partial charge < -0.3 is 9.64 Å². The highest BCUT2D eigenvalue weighted by atomic mass is 32.2. The van der Waals surface area contributed by atoms with Gasteiger partial charge in [-0.25, -0.2) is 18.2 Å². The van der Waals surface area contributed by atoms with Crippen molar-refractivity contribution in [3.63, 3.8) is 0 Å². The lowest BCUT2D eigenvalue weighted by atomic mass is 10.0. The Morgan fingerprint density at radius 1 is 1.10 bits per heavy atom. The summed E-state index contributed by atoms with van der Waals surface area (Å²) in [6.07, 6.45) is 1.76. The fraction of sp³-hybridized carbons (Fsp3) is 0.409. The number of benzene rings is 2. The molecule has 0 saturated carbocycles. The van der Waals surface area contributed by atoms with E-state index in [1.54, 1.807) is 12.0 Å². The molecule has 1 unspecified atom stereocenters. The van der Waals surface area contributed by atoms with Gasteiger partial charge in [-0.2, -0.15) is 0 Å². The summed E-state index contributed by atoms with van der Waals surface area (Å²) in [6.45, 7) is 4.85. The maximum Gasteiger partial charge on any atom is 0.336 e. The summed E-state index contributed by atoms with van der Waals surface area (Å²) >= 11 is 0. The molecule has 1 atom stereocenters. The smallest absolute Gasteiger partial charge is 0.336 e. The van der Waals surface area contributed by atoms with E-state index in [-0.39, 0.29) is 18.6 Å². The van der Waals surface area contributed by atoms with Crippen molar-refractivity contribution in [2.75, 3.05) is 33.5 Å². The average molecular weight is 432 g/mol. The van der Waals surface area contributed by atoms with Crippen molar-refractivity contribution >= 4 is 16.1 Å². The third-order valence-electron chi connectivity index (χ3n) is 5.72. The Morgan fingerprint density at radius 2 is 1.77 bits per heavy atom. The summed E-state index contributed by atoms with van der Waals surface area (Å²) in [5, 5.41) is 1.31. The lowest BCUT2D eigenvalue weighted by Crippen LogP contribution is -2.45. The summed E-state index contributed by atoms with van der Waals surface area (Å²) in [6, 6.07) is 13.4. The Kier molecular flexibility index (Phi) is 6.38. The molecule has 30 heavy (non-hydrogen) atoms. The molecule has 7 nitrogen and oxygen atoms in total. The molecule has 1 saturated heterocycles. The van der Waals surface area contributed by atoms with Crippen molar-refractivity contribution in [1.82, 2.24) is 14.3 Å². The second-order valence-corrected chi connectivity index (χ2v) is 9.71. The van der Waals surface area contributed by atoms with Crippen molar-refractivity contribution in [2.45, 2.75) is 26.3 Å². The van der Waals surface area contributed by atoms with E-state index < -0.39 is 10.0 Å². The fourth-order valence-electron chi connectivity index (χ4n) is 3.59. The number of amides is 2. The molecule has 3 rings (SSSR count). The van der Waals surface area contributed by atoms with E-state index in [2.05, 4.69) is 6.07 Å². The number of ether oxygens (including phenoxy) is 1. The standard InChI is InChI=1S/C22H29N3O4S/c1-16-6-9-19(14-17(16)2)21-15-25(23(3)30(5,27)28)22(26)24(21)13-12-18-7-10-20(29-4)11-8-18/h6-11,14,21H,12-13,15H2,1-5H3. The van der Waals surface area contributed by atoms with Crippen LogP contribution in [0.25, 0.3) is 0 Å². The van der Waals surface area contributed by atoms with Crippen LogP contribution in [0, 0.1) is 13.8 Å². The number of hydrogen-bond donors (Lipinski definition) is 0. The molecule has 0 radical (unpaired) electrons. The highest BCUT2D eigenvalue weighted by Gasteiger charge is 2.41. The summed E-state index contributed by atoms with van der Waals surface area (Å²) in [4.78, 5) is 14.9. The highest BCUT2D eigenvalue weighted by molar-refractivity contribution is 7.88. The molecule has 2 aromatic rings. The molecule has 2 aromatic carbocycles. The topological polar surface area (TPSA) is 70.2 Å². The number of rotatable bonds is 7. The molecule has 0 aliphatic carbocycles. The van der Waals surface area contributed by atoms with Gasteiger partial charge in [0.2, 0.25) is 10.0 Å². The molecule has 1 fully saturated rings. The molecule has 162 valence electrons. The summed E-state index contributed by atoms with van der Waals surface area (Å²) in [5.74, 6) is 0.782. The first-order valence-electron chi connectivity index (χ1n) is 9.84. The van der Waals surface area contributed by atoms with Gasteiger partial charge in [0.1, 0.15) is 5.75 Å².